The first-order valence-electron chi connectivity index (χ1n) is 11.6. The molecular formula is C26H25N3O5S. The van der Waals surface area contributed by atoms with E-state index in [9.17, 15) is 14.4 Å². The molecule has 2 aliphatic carbocycles. The van der Waals surface area contributed by atoms with Gasteiger partial charge in [0.05, 0.1) is 6.20 Å². The number of fused-ring (bicyclic) bond motifs is 3. The van der Waals surface area contributed by atoms with Crippen LogP contribution < -0.4 is 10.6 Å². The number of benzene rings is 2. The zero-order valence-corrected chi connectivity index (χ0v) is 19.7. The molecule has 0 aliphatic heterocycles. The van der Waals surface area contributed by atoms with E-state index < -0.39 is 12.1 Å². The second-order valence-corrected chi connectivity index (χ2v) is 10.0. The highest BCUT2D eigenvalue weighted by Crippen LogP contribution is 2.44. The lowest BCUT2D eigenvalue weighted by Crippen LogP contribution is -2.36. The van der Waals surface area contributed by atoms with Crippen LogP contribution in [0.15, 0.2) is 54.7 Å². The molecule has 2 aromatic carbocycles. The summed E-state index contributed by atoms with van der Waals surface area (Å²) in [6.07, 6.45) is 2.61. The van der Waals surface area contributed by atoms with E-state index in [1.807, 2.05) is 24.3 Å². The van der Waals surface area contributed by atoms with Crippen molar-refractivity contribution in [1.82, 2.24) is 10.3 Å². The molecular weight excluding hydrogens is 466 g/mol. The normalized spacial score (nSPS) is 18.2. The number of hydrogen-bond acceptors (Lipinski definition) is 6. The average molecular weight is 492 g/mol. The van der Waals surface area contributed by atoms with E-state index in [1.54, 1.807) is 0 Å². The molecule has 5 rings (SSSR count). The fourth-order valence-corrected chi connectivity index (χ4v) is 5.66. The van der Waals surface area contributed by atoms with Gasteiger partial charge in [0.2, 0.25) is 0 Å². The Balaban J connectivity index is 1.11. The maximum Gasteiger partial charge on any atom is 0.413 e. The van der Waals surface area contributed by atoms with Crippen molar-refractivity contribution < 1.29 is 24.2 Å². The standard InChI is InChI=1S/C26H25N3O5S/c30-23(31)11-15-9-16(10-15)12-27-24(32)22-13-28-25(35-22)29-26(33)34-14-21-19-7-3-1-5-17(19)18-6-2-4-8-20(18)21/h1-8,13,15-16,21H,9-12,14H2,(H,27,32)(H,30,31)(H,28,29,33). The molecule has 180 valence electrons. The molecule has 3 aromatic rings. The number of thiazole rings is 1. The first-order chi connectivity index (χ1) is 17.0. The van der Waals surface area contributed by atoms with Gasteiger partial charge in [-0.15, -0.1) is 0 Å². The first-order valence-corrected chi connectivity index (χ1v) is 12.4. The molecule has 1 saturated carbocycles. The summed E-state index contributed by atoms with van der Waals surface area (Å²) in [5.41, 5.74) is 4.59. The highest BCUT2D eigenvalue weighted by atomic mass is 32.1. The maximum atomic E-state index is 12.4. The van der Waals surface area contributed by atoms with E-state index in [4.69, 9.17) is 9.84 Å². The molecule has 1 aromatic heterocycles. The van der Waals surface area contributed by atoms with Gasteiger partial charge in [0.25, 0.3) is 5.91 Å². The highest BCUT2D eigenvalue weighted by Gasteiger charge is 2.31. The predicted molar refractivity (Wildman–Crippen MR) is 132 cm³/mol. The quantitative estimate of drug-likeness (QED) is 0.419. The summed E-state index contributed by atoms with van der Waals surface area (Å²) < 4.78 is 5.53. The maximum absolute atomic E-state index is 12.4. The van der Waals surface area contributed by atoms with Gasteiger partial charge in [-0.25, -0.2) is 9.78 Å². The number of aromatic nitrogens is 1. The molecule has 3 N–H and O–H groups in total. The van der Waals surface area contributed by atoms with Crippen LogP contribution in [0.5, 0.6) is 0 Å². The summed E-state index contributed by atoms with van der Waals surface area (Å²) in [5, 5.41) is 14.6. The molecule has 8 nitrogen and oxygen atoms in total. The number of hydrogen-bond donors (Lipinski definition) is 3. The van der Waals surface area contributed by atoms with Crippen LogP contribution in [-0.2, 0) is 9.53 Å². The molecule has 0 saturated heterocycles. The molecule has 0 spiro atoms. The molecule has 0 radical (unpaired) electrons. The van der Waals surface area contributed by atoms with Crippen molar-refractivity contribution in [2.24, 2.45) is 11.8 Å². The number of nitrogens with zero attached hydrogens (tertiary/aromatic N) is 1. The number of rotatable bonds is 8. The minimum atomic E-state index is -0.779. The summed E-state index contributed by atoms with van der Waals surface area (Å²) in [6, 6.07) is 16.3. The number of carboxylic acids is 1. The molecule has 2 aliphatic rings. The van der Waals surface area contributed by atoms with Gasteiger partial charge in [0.15, 0.2) is 5.13 Å². The number of nitrogens with one attached hydrogen (secondary N) is 2. The van der Waals surface area contributed by atoms with Crippen molar-refractivity contribution in [2.45, 2.75) is 25.2 Å². The van der Waals surface area contributed by atoms with Crippen LogP contribution in [-0.4, -0.2) is 41.2 Å². The average Bonchev–Trinajstić information content (AvgIpc) is 3.41. The lowest BCUT2D eigenvalue weighted by molar-refractivity contribution is -0.139. The van der Waals surface area contributed by atoms with E-state index in [0.29, 0.717) is 17.3 Å². The number of carboxylic acid groups (broad SMARTS) is 1. The SMILES string of the molecule is O=C(O)CC1CC(CNC(=O)c2cnc(NC(=O)OCC3c4ccccc4-c4ccccc43)s2)C1. The molecule has 1 heterocycles. The number of amides is 2. The van der Waals surface area contributed by atoms with Gasteiger partial charge >= 0.3 is 12.1 Å². The van der Waals surface area contributed by atoms with Gasteiger partial charge in [0.1, 0.15) is 11.5 Å². The van der Waals surface area contributed by atoms with Gasteiger partial charge < -0.3 is 15.2 Å². The third-order valence-corrected chi connectivity index (χ3v) is 7.54. The Morgan fingerprint density at radius 2 is 1.66 bits per heavy atom. The van der Waals surface area contributed by atoms with E-state index >= 15 is 0 Å². The van der Waals surface area contributed by atoms with Gasteiger partial charge in [-0.2, -0.15) is 0 Å². The number of carbonyl (C=O) groups is 3. The molecule has 2 amide bonds. The molecule has 0 bridgehead atoms. The van der Waals surface area contributed by atoms with E-state index in [1.165, 1.54) is 6.20 Å². The fraction of sp³-hybridized carbons (Fsp3) is 0.308. The number of anilines is 1. The van der Waals surface area contributed by atoms with Crippen molar-refractivity contribution in [3.05, 3.63) is 70.7 Å². The topological polar surface area (TPSA) is 118 Å². The Bertz CT molecular complexity index is 1220. The van der Waals surface area contributed by atoms with E-state index in [2.05, 4.69) is 39.9 Å². The van der Waals surface area contributed by atoms with Crippen LogP contribution in [0.2, 0.25) is 0 Å². The fourth-order valence-electron chi connectivity index (χ4n) is 4.94. The monoisotopic (exact) mass is 491 g/mol. The van der Waals surface area contributed by atoms with Crippen LogP contribution in [0.25, 0.3) is 11.1 Å². The van der Waals surface area contributed by atoms with Crippen molar-refractivity contribution in [1.29, 1.82) is 0 Å². The Kier molecular flexibility index (Phi) is 6.50. The Hall–Kier alpha value is -3.72. The third-order valence-electron chi connectivity index (χ3n) is 6.63. The van der Waals surface area contributed by atoms with Crippen LogP contribution in [0.3, 0.4) is 0 Å². The lowest BCUT2D eigenvalue weighted by atomic mass is 9.73. The second kappa shape index (κ2) is 9.87. The molecule has 0 unspecified atom stereocenters. The predicted octanol–water partition coefficient (Wildman–Crippen LogP) is 4.73. The first kappa shape index (κ1) is 23.0. The van der Waals surface area contributed by atoms with Crippen molar-refractivity contribution in [3.63, 3.8) is 0 Å². The highest BCUT2D eigenvalue weighted by molar-refractivity contribution is 7.17. The molecule has 35 heavy (non-hydrogen) atoms. The summed E-state index contributed by atoms with van der Waals surface area (Å²) in [6.45, 7) is 0.699. The van der Waals surface area contributed by atoms with Gasteiger partial charge in [-0.3, -0.25) is 14.9 Å². The van der Waals surface area contributed by atoms with E-state index in [-0.39, 0.29) is 35.9 Å². The van der Waals surface area contributed by atoms with Crippen LogP contribution in [0.1, 0.15) is 46.0 Å². The van der Waals surface area contributed by atoms with Crippen molar-refractivity contribution >= 4 is 34.4 Å². The van der Waals surface area contributed by atoms with Crippen LogP contribution in [0.4, 0.5) is 9.93 Å². The van der Waals surface area contributed by atoms with Crippen LogP contribution in [0, 0.1) is 11.8 Å². The number of ether oxygens (including phenoxy) is 1. The minimum Gasteiger partial charge on any atom is -0.481 e. The van der Waals surface area contributed by atoms with E-state index in [0.717, 1.165) is 46.4 Å². The smallest absolute Gasteiger partial charge is 0.413 e. The summed E-state index contributed by atoms with van der Waals surface area (Å²) in [7, 11) is 0. The summed E-state index contributed by atoms with van der Waals surface area (Å²) in [4.78, 5) is 40.1. The third kappa shape index (κ3) is 5.05. The molecule has 0 atom stereocenters. The number of carbonyl (C=O) groups excluding carboxylic acids is 2. The Morgan fingerprint density at radius 3 is 2.31 bits per heavy atom. The molecule has 1 fully saturated rings. The van der Waals surface area contributed by atoms with Gasteiger partial charge in [0, 0.05) is 18.9 Å². The van der Waals surface area contributed by atoms with Crippen molar-refractivity contribution in [2.75, 3.05) is 18.5 Å². The summed E-state index contributed by atoms with van der Waals surface area (Å²) >= 11 is 1.08. The van der Waals surface area contributed by atoms with Gasteiger partial charge in [-0.05, 0) is 46.9 Å². The Labute approximate surface area is 206 Å². The van der Waals surface area contributed by atoms with Crippen molar-refractivity contribution in [3.8, 4) is 11.1 Å². The van der Waals surface area contributed by atoms with Crippen LogP contribution >= 0.6 is 11.3 Å². The number of aliphatic carboxylic acids is 1. The largest absolute Gasteiger partial charge is 0.481 e. The minimum absolute atomic E-state index is 0.0348. The zero-order valence-electron chi connectivity index (χ0n) is 18.9. The second-order valence-electron chi connectivity index (χ2n) is 8.99. The summed E-state index contributed by atoms with van der Waals surface area (Å²) in [5.74, 6) is -0.573. The Morgan fingerprint density at radius 1 is 1.00 bits per heavy atom. The zero-order chi connectivity index (χ0) is 24.4. The molecule has 9 heteroatoms. The lowest BCUT2D eigenvalue weighted by Gasteiger charge is -2.34. The van der Waals surface area contributed by atoms with Gasteiger partial charge in [-0.1, -0.05) is 59.9 Å².